The summed E-state index contributed by atoms with van der Waals surface area (Å²) in [7, 11) is 0. The van der Waals surface area contributed by atoms with E-state index in [9.17, 15) is 4.79 Å². The molecule has 0 atom stereocenters. The summed E-state index contributed by atoms with van der Waals surface area (Å²) in [5.41, 5.74) is 4.33. The number of H-pyrrole nitrogens is 1. The zero-order valence-electron chi connectivity index (χ0n) is 16.9. The summed E-state index contributed by atoms with van der Waals surface area (Å²) < 4.78 is 5.37. The summed E-state index contributed by atoms with van der Waals surface area (Å²) in [6.45, 7) is 3.63. The zero-order valence-corrected chi connectivity index (χ0v) is 16.9. The van der Waals surface area contributed by atoms with E-state index in [1.54, 1.807) is 13.0 Å². The van der Waals surface area contributed by atoms with Crippen LogP contribution < -0.4 is 5.32 Å². The van der Waals surface area contributed by atoms with Gasteiger partial charge in [-0.2, -0.15) is 5.10 Å². The molecule has 0 fully saturated rings. The molecule has 0 unspecified atom stereocenters. The van der Waals surface area contributed by atoms with E-state index in [0.29, 0.717) is 39.6 Å². The number of carbonyl (C=O) groups excluding carboxylic acids is 1. The standard InChI is InChI=1S/C23H18N6O2/c1-13-20-18(12-19(26-23(20)31-29-13)15-7-4-3-5-8-15)22(30)25-17-10-6-9-16(11-17)21-24-14(2)27-28-21/h3-12H,1-2H3,(H,25,30)(H,24,27,28). The SMILES string of the molecule is Cc1nc(-c2cccc(NC(=O)c3cc(-c4ccccc4)nc4onc(C)c34)c2)n[nH]1. The van der Waals surface area contributed by atoms with Gasteiger partial charge < -0.3 is 9.84 Å². The number of aromatic amines is 1. The number of benzene rings is 2. The molecule has 1 amide bonds. The van der Waals surface area contributed by atoms with E-state index in [4.69, 9.17) is 4.52 Å². The van der Waals surface area contributed by atoms with Gasteiger partial charge in [-0.1, -0.05) is 47.6 Å². The van der Waals surface area contributed by atoms with Crippen molar-refractivity contribution in [3.8, 4) is 22.6 Å². The van der Waals surface area contributed by atoms with Crippen molar-refractivity contribution in [2.24, 2.45) is 0 Å². The summed E-state index contributed by atoms with van der Waals surface area (Å²) in [5, 5.41) is 14.6. The molecule has 0 aliphatic rings. The second-order valence-corrected chi connectivity index (χ2v) is 7.15. The number of hydrogen-bond donors (Lipinski definition) is 2. The average Bonchev–Trinajstić information content (AvgIpc) is 3.40. The molecule has 0 saturated carbocycles. The zero-order chi connectivity index (χ0) is 21.4. The topological polar surface area (TPSA) is 110 Å². The molecule has 2 N–H and O–H groups in total. The second kappa shape index (κ2) is 7.49. The summed E-state index contributed by atoms with van der Waals surface area (Å²) in [6, 6.07) is 18.8. The van der Waals surface area contributed by atoms with Crippen LogP contribution in [0.15, 0.2) is 65.2 Å². The first-order valence-electron chi connectivity index (χ1n) is 9.72. The molecule has 5 aromatic rings. The van der Waals surface area contributed by atoms with Crippen LogP contribution in [0, 0.1) is 13.8 Å². The van der Waals surface area contributed by atoms with Gasteiger partial charge in [0.05, 0.1) is 22.3 Å². The second-order valence-electron chi connectivity index (χ2n) is 7.15. The van der Waals surface area contributed by atoms with E-state index in [0.717, 1.165) is 17.0 Å². The van der Waals surface area contributed by atoms with Crippen LogP contribution in [0.1, 0.15) is 21.9 Å². The van der Waals surface area contributed by atoms with Gasteiger partial charge in [0.15, 0.2) is 5.82 Å². The third-order valence-electron chi connectivity index (χ3n) is 4.91. The molecule has 3 aromatic heterocycles. The van der Waals surface area contributed by atoms with Gasteiger partial charge >= 0.3 is 0 Å². The van der Waals surface area contributed by atoms with Crippen LogP contribution in [0.5, 0.6) is 0 Å². The van der Waals surface area contributed by atoms with E-state index >= 15 is 0 Å². The van der Waals surface area contributed by atoms with Gasteiger partial charge in [-0.3, -0.25) is 9.89 Å². The first-order valence-corrected chi connectivity index (χ1v) is 9.72. The lowest BCUT2D eigenvalue weighted by atomic mass is 10.0. The Labute approximate surface area is 177 Å². The number of rotatable bonds is 4. The van der Waals surface area contributed by atoms with Crippen molar-refractivity contribution in [2.75, 3.05) is 5.32 Å². The summed E-state index contributed by atoms with van der Waals surface area (Å²) in [6.07, 6.45) is 0. The van der Waals surface area contributed by atoms with E-state index < -0.39 is 0 Å². The highest BCUT2D eigenvalue weighted by Gasteiger charge is 2.20. The molecule has 0 radical (unpaired) electrons. The number of aromatic nitrogens is 5. The van der Waals surface area contributed by atoms with Gasteiger partial charge in [0.1, 0.15) is 5.82 Å². The Morgan fingerprint density at radius 1 is 0.968 bits per heavy atom. The molecular formula is C23H18N6O2. The Morgan fingerprint density at radius 2 is 1.77 bits per heavy atom. The van der Waals surface area contributed by atoms with E-state index in [1.165, 1.54) is 0 Å². The highest BCUT2D eigenvalue weighted by molar-refractivity contribution is 6.13. The molecule has 152 valence electrons. The molecule has 0 spiro atoms. The van der Waals surface area contributed by atoms with Crippen LogP contribution in [-0.4, -0.2) is 31.2 Å². The van der Waals surface area contributed by atoms with Gasteiger partial charge in [0.2, 0.25) is 0 Å². The molecule has 5 rings (SSSR count). The first kappa shape index (κ1) is 18.7. The number of carbonyl (C=O) groups is 1. The van der Waals surface area contributed by atoms with Gasteiger partial charge in [0.25, 0.3) is 11.6 Å². The molecule has 8 nitrogen and oxygen atoms in total. The average molecular weight is 410 g/mol. The summed E-state index contributed by atoms with van der Waals surface area (Å²) in [4.78, 5) is 22.2. The van der Waals surface area contributed by atoms with Gasteiger partial charge in [-0.25, -0.2) is 9.97 Å². The predicted octanol–water partition coefficient (Wildman–Crippen LogP) is 4.54. The van der Waals surface area contributed by atoms with Gasteiger partial charge in [0, 0.05) is 16.8 Å². The van der Waals surface area contributed by atoms with Crippen LogP contribution in [0.3, 0.4) is 0 Å². The molecule has 0 bridgehead atoms. The molecule has 0 saturated heterocycles. The Hall–Kier alpha value is -4.33. The molecule has 2 aromatic carbocycles. The minimum Gasteiger partial charge on any atom is -0.335 e. The number of amides is 1. The fraction of sp³-hybridized carbons (Fsp3) is 0.0870. The molecule has 0 aliphatic carbocycles. The lowest BCUT2D eigenvalue weighted by Gasteiger charge is -2.09. The molecule has 8 heteroatoms. The smallest absolute Gasteiger partial charge is 0.259 e. The molecule has 3 heterocycles. The lowest BCUT2D eigenvalue weighted by Crippen LogP contribution is -2.13. The lowest BCUT2D eigenvalue weighted by molar-refractivity contribution is 0.102. The van der Waals surface area contributed by atoms with E-state index in [1.807, 2.05) is 61.5 Å². The van der Waals surface area contributed by atoms with Crippen molar-refractivity contribution in [3.63, 3.8) is 0 Å². The van der Waals surface area contributed by atoms with Crippen molar-refractivity contribution >= 4 is 22.7 Å². The summed E-state index contributed by atoms with van der Waals surface area (Å²) >= 11 is 0. The summed E-state index contributed by atoms with van der Waals surface area (Å²) in [5.74, 6) is 1.01. The number of nitrogens with zero attached hydrogens (tertiary/aromatic N) is 4. The van der Waals surface area contributed by atoms with Gasteiger partial charge in [-0.05, 0) is 32.0 Å². The maximum atomic E-state index is 13.3. The highest BCUT2D eigenvalue weighted by Crippen LogP contribution is 2.28. The van der Waals surface area contributed by atoms with Crippen LogP contribution in [0.25, 0.3) is 33.7 Å². The predicted molar refractivity (Wildman–Crippen MR) is 116 cm³/mol. The number of nitrogens with one attached hydrogen (secondary N) is 2. The van der Waals surface area contributed by atoms with Crippen LogP contribution in [0.2, 0.25) is 0 Å². The van der Waals surface area contributed by atoms with Crippen molar-refractivity contribution in [3.05, 3.63) is 77.7 Å². The first-order chi connectivity index (χ1) is 15.1. The number of hydrogen-bond acceptors (Lipinski definition) is 6. The maximum absolute atomic E-state index is 13.3. The number of anilines is 1. The largest absolute Gasteiger partial charge is 0.335 e. The maximum Gasteiger partial charge on any atom is 0.259 e. The van der Waals surface area contributed by atoms with Gasteiger partial charge in [-0.15, -0.1) is 0 Å². The third kappa shape index (κ3) is 3.55. The normalized spacial score (nSPS) is 11.0. The van der Waals surface area contributed by atoms with Crippen molar-refractivity contribution in [2.45, 2.75) is 13.8 Å². The minimum absolute atomic E-state index is 0.279. The van der Waals surface area contributed by atoms with Crippen molar-refractivity contribution in [1.82, 2.24) is 25.3 Å². The number of pyridine rings is 1. The minimum atomic E-state index is -0.279. The Morgan fingerprint density at radius 3 is 2.55 bits per heavy atom. The molecule has 31 heavy (non-hydrogen) atoms. The van der Waals surface area contributed by atoms with E-state index in [-0.39, 0.29) is 5.91 Å². The van der Waals surface area contributed by atoms with Crippen molar-refractivity contribution in [1.29, 1.82) is 0 Å². The fourth-order valence-corrected chi connectivity index (χ4v) is 3.44. The number of fused-ring (bicyclic) bond motifs is 1. The molecule has 0 aliphatic heterocycles. The third-order valence-corrected chi connectivity index (χ3v) is 4.91. The Balaban J connectivity index is 1.53. The van der Waals surface area contributed by atoms with Crippen LogP contribution >= 0.6 is 0 Å². The Bertz CT molecular complexity index is 1400. The van der Waals surface area contributed by atoms with Crippen LogP contribution in [-0.2, 0) is 0 Å². The van der Waals surface area contributed by atoms with Crippen molar-refractivity contribution < 1.29 is 9.32 Å². The Kier molecular flexibility index (Phi) is 4.51. The quantitative estimate of drug-likeness (QED) is 0.450. The fourth-order valence-electron chi connectivity index (χ4n) is 3.44. The monoisotopic (exact) mass is 410 g/mol. The highest BCUT2D eigenvalue weighted by atomic mass is 16.5. The van der Waals surface area contributed by atoms with E-state index in [2.05, 4.69) is 30.6 Å². The number of aryl methyl sites for hydroxylation is 2. The van der Waals surface area contributed by atoms with Crippen LogP contribution in [0.4, 0.5) is 5.69 Å². The molecular weight excluding hydrogens is 392 g/mol.